The van der Waals surface area contributed by atoms with E-state index in [-0.39, 0.29) is 0 Å². The molecule has 0 fully saturated rings. The van der Waals surface area contributed by atoms with Crippen molar-refractivity contribution in [1.29, 1.82) is 0 Å². The summed E-state index contributed by atoms with van der Waals surface area (Å²) in [6, 6.07) is 4.71. The molecule has 104 valence electrons. The Morgan fingerprint density at radius 2 is 2.37 bits per heavy atom. The highest BCUT2D eigenvalue weighted by molar-refractivity contribution is 9.10. The molecular formula is C14H20BrN3S. The SMILES string of the molecule is CCNC(CCCc1cccs1)c1c(Br)cnn1C. The largest absolute Gasteiger partial charge is 0.309 e. The second kappa shape index (κ2) is 7.22. The molecular weight excluding hydrogens is 322 g/mol. The topological polar surface area (TPSA) is 29.9 Å². The van der Waals surface area contributed by atoms with Gasteiger partial charge in [0.25, 0.3) is 0 Å². The Morgan fingerprint density at radius 3 is 2.95 bits per heavy atom. The van der Waals surface area contributed by atoms with Crippen LogP contribution in [0.4, 0.5) is 0 Å². The smallest absolute Gasteiger partial charge is 0.0692 e. The van der Waals surface area contributed by atoms with Crippen molar-refractivity contribution in [2.75, 3.05) is 6.54 Å². The molecule has 0 aliphatic rings. The van der Waals surface area contributed by atoms with Crippen LogP contribution in [-0.4, -0.2) is 16.3 Å². The summed E-state index contributed by atoms with van der Waals surface area (Å²) in [6.07, 6.45) is 5.35. The first-order chi connectivity index (χ1) is 9.22. The van der Waals surface area contributed by atoms with Crippen molar-refractivity contribution in [1.82, 2.24) is 15.1 Å². The average Bonchev–Trinajstić information content (AvgIpc) is 3.00. The van der Waals surface area contributed by atoms with Crippen LogP contribution in [0.5, 0.6) is 0 Å². The van der Waals surface area contributed by atoms with Gasteiger partial charge in [-0.2, -0.15) is 5.10 Å². The minimum Gasteiger partial charge on any atom is -0.309 e. The van der Waals surface area contributed by atoms with Gasteiger partial charge in [0.15, 0.2) is 0 Å². The van der Waals surface area contributed by atoms with Crippen LogP contribution in [0.3, 0.4) is 0 Å². The van der Waals surface area contributed by atoms with E-state index in [1.165, 1.54) is 17.0 Å². The molecule has 0 saturated carbocycles. The molecule has 3 nitrogen and oxygen atoms in total. The molecule has 2 aromatic rings. The Hall–Kier alpha value is -0.650. The van der Waals surface area contributed by atoms with E-state index in [0.717, 1.165) is 23.9 Å². The fourth-order valence-corrected chi connectivity index (χ4v) is 3.71. The molecule has 1 N–H and O–H groups in total. The monoisotopic (exact) mass is 341 g/mol. The zero-order valence-electron chi connectivity index (χ0n) is 11.4. The molecule has 2 rings (SSSR count). The Labute approximate surface area is 127 Å². The second-order valence-electron chi connectivity index (χ2n) is 4.58. The Kier molecular flexibility index (Phi) is 5.60. The standard InChI is InChI=1S/C14H20BrN3S/c1-3-16-13(14-12(15)10-17-18(14)2)8-4-6-11-7-5-9-19-11/h5,7,9-10,13,16H,3-4,6,8H2,1-2H3. The number of thiophene rings is 1. The number of hydrogen-bond donors (Lipinski definition) is 1. The Bertz CT molecular complexity index is 473. The lowest BCUT2D eigenvalue weighted by atomic mass is 10.1. The predicted octanol–water partition coefficient (Wildman–Crippen LogP) is 3.92. The average molecular weight is 342 g/mol. The van der Waals surface area contributed by atoms with E-state index in [1.807, 2.05) is 29.3 Å². The first-order valence-corrected chi connectivity index (χ1v) is 8.32. The normalized spacial score (nSPS) is 12.8. The molecule has 1 atom stereocenters. The number of halogens is 1. The van der Waals surface area contributed by atoms with Gasteiger partial charge in [-0.15, -0.1) is 11.3 Å². The van der Waals surface area contributed by atoms with Gasteiger partial charge in [0.05, 0.1) is 22.4 Å². The number of nitrogens with zero attached hydrogens (tertiary/aromatic N) is 2. The third kappa shape index (κ3) is 3.91. The van der Waals surface area contributed by atoms with E-state index in [2.05, 4.69) is 50.8 Å². The van der Waals surface area contributed by atoms with Crippen molar-refractivity contribution in [2.24, 2.45) is 7.05 Å². The highest BCUT2D eigenvalue weighted by Crippen LogP contribution is 2.26. The fraction of sp³-hybridized carbons (Fsp3) is 0.500. The van der Waals surface area contributed by atoms with Crippen LogP contribution >= 0.6 is 27.3 Å². The zero-order chi connectivity index (χ0) is 13.7. The van der Waals surface area contributed by atoms with Crippen LogP contribution in [0, 0.1) is 0 Å². The highest BCUT2D eigenvalue weighted by atomic mass is 79.9. The Morgan fingerprint density at radius 1 is 1.53 bits per heavy atom. The van der Waals surface area contributed by atoms with Crippen molar-refractivity contribution < 1.29 is 0 Å². The van der Waals surface area contributed by atoms with Crippen molar-refractivity contribution in [3.8, 4) is 0 Å². The fourth-order valence-electron chi connectivity index (χ4n) is 2.33. The zero-order valence-corrected chi connectivity index (χ0v) is 13.8. The summed E-state index contributed by atoms with van der Waals surface area (Å²) in [5, 5.41) is 10.0. The molecule has 19 heavy (non-hydrogen) atoms. The number of hydrogen-bond acceptors (Lipinski definition) is 3. The van der Waals surface area contributed by atoms with Crippen LogP contribution in [0.2, 0.25) is 0 Å². The first kappa shape index (κ1) is 14.8. The number of rotatable bonds is 7. The molecule has 0 aliphatic carbocycles. The van der Waals surface area contributed by atoms with E-state index < -0.39 is 0 Å². The predicted molar refractivity (Wildman–Crippen MR) is 84.6 cm³/mol. The van der Waals surface area contributed by atoms with Gasteiger partial charge in [0.2, 0.25) is 0 Å². The van der Waals surface area contributed by atoms with E-state index in [9.17, 15) is 0 Å². The number of nitrogens with one attached hydrogen (secondary N) is 1. The summed E-state index contributed by atoms with van der Waals surface area (Å²) in [5.74, 6) is 0. The molecule has 0 aliphatic heterocycles. The van der Waals surface area contributed by atoms with Crippen molar-refractivity contribution >= 4 is 27.3 Å². The summed E-state index contributed by atoms with van der Waals surface area (Å²) < 4.78 is 3.06. The molecule has 0 radical (unpaired) electrons. The van der Waals surface area contributed by atoms with E-state index in [1.54, 1.807) is 0 Å². The minimum absolute atomic E-state index is 0.367. The molecule has 0 saturated heterocycles. The van der Waals surface area contributed by atoms with Crippen LogP contribution < -0.4 is 5.32 Å². The van der Waals surface area contributed by atoms with E-state index in [0.29, 0.717) is 6.04 Å². The summed E-state index contributed by atoms with van der Waals surface area (Å²) in [7, 11) is 2.00. The van der Waals surface area contributed by atoms with Crippen LogP contribution in [0.25, 0.3) is 0 Å². The highest BCUT2D eigenvalue weighted by Gasteiger charge is 2.17. The maximum atomic E-state index is 4.31. The van der Waals surface area contributed by atoms with Crippen molar-refractivity contribution in [3.63, 3.8) is 0 Å². The third-order valence-corrected chi connectivity index (χ3v) is 4.76. The lowest BCUT2D eigenvalue weighted by Crippen LogP contribution is -2.23. The van der Waals surface area contributed by atoms with E-state index >= 15 is 0 Å². The molecule has 5 heteroatoms. The first-order valence-electron chi connectivity index (χ1n) is 6.65. The Balaban J connectivity index is 1.96. The molecule has 0 aromatic carbocycles. The van der Waals surface area contributed by atoms with Gasteiger partial charge in [0.1, 0.15) is 0 Å². The van der Waals surface area contributed by atoms with Gasteiger partial charge in [-0.25, -0.2) is 0 Å². The van der Waals surface area contributed by atoms with Gasteiger partial charge < -0.3 is 5.32 Å². The molecule has 0 spiro atoms. The summed E-state index contributed by atoms with van der Waals surface area (Å²) in [4.78, 5) is 1.47. The number of aromatic nitrogens is 2. The molecule has 2 heterocycles. The molecule has 0 bridgehead atoms. The maximum Gasteiger partial charge on any atom is 0.0692 e. The quantitative estimate of drug-likeness (QED) is 0.827. The minimum atomic E-state index is 0.367. The van der Waals surface area contributed by atoms with Crippen LogP contribution in [0.1, 0.15) is 36.4 Å². The summed E-state index contributed by atoms with van der Waals surface area (Å²) in [5.41, 5.74) is 1.24. The van der Waals surface area contributed by atoms with Crippen LogP contribution in [-0.2, 0) is 13.5 Å². The van der Waals surface area contributed by atoms with Gasteiger partial charge in [-0.1, -0.05) is 13.0 Å². The van der Waals surface area contributed by atoms with Crippen molar-refractivity contribution in [2.45, 2.75) is 32.2 Å². The third-order valence-electron chi connectivity index (χ3n) is 3.21. The van der Waals surface area contributed by atoms with Gasteiger partial charge in [-0.05, 0) is 53.2 Å². The van der Waals surface area contributed by atoms with Crippen LogP contribution in [0.15, 0.2) is 28.2 Å². The van der Waals surface area contributed by atoms with Crippen molar-refractivity contribution in [3.05, 3.63) is 38.8 Å². The van der Waals surface area contributed by atoms with Gasteiger partial charge in [0, 0.05) is 11.9 Å². The second-order valence-corrected chi connectivity index (χ2v) is 6.47. The summed E-state index contributed by atoms with van der Waals surface area (Å²) >= 11 is 5.44. The maximum absolute atomic E-state index is 4.31. The molecule has 0 amide bonds. The van der Waals surface area contributed by atoms with Gasteiger partial charge >= 0.3 is 0 Å². The lowest BCUT2D eigenvalue weighted by molar-refractivity contribution is 0.466. The lowest BCUT2D eigenvalue weighted by Gasteiger charge is -2.18. The van der Waals surface area contributed by atoms with E-state index in [4.69, 9.17) is 0 Å². The summed E-state index contributed by atoms with van der Waals surface area (Å²) in [6.45, 7) is 3.12. The van der Waals surface area contributed by atoms with Gasteiger partial charge in [-0.3, -0.25) is 4.68 Å². The molecule has 2 aromatic heterocycles. The molecule has 1 unspecified atom stereocenters. The number of aryl methyl sites for hydroxylation is 2.